The number of amides is 1. The lowest BCUT2D eigenvalue weighted by atomic mass is 10.1. The van der Waals surface area contributed by atoms with Gasteiger partial charge in [0.05, 0.1) is 11.8 Å². The monoisotopic (exact) mass is 403 g/mol. The van der Waals surface area contributed by atoms with Crippen molar-refractivity contribution >= 4 is 29.3 Å². The number of nitrogens with one attached hydrogen (secondary N) is 1. The summed E-state index contributed by atoms with van der Waals surface area (Å²) in [5.41, 5.74) is 1.15. The number of likely N-dealkylation sites (N-methyl/N-ethyl adjacent to an activating group) is 1. The molecule has 1 atom stereocenters. The molecule has 0 bridgehead atoms. The van der Waals surface area contributed by atoms with Crippen molar-refractivity contribution in [2.45, 2.75) is 10.9 Å². The van der Waals surface area contributed by atoms with Gasteiger partial charge in [0.2, 0.25) is 5.91 Å². The van der Waals surface area contributed by atoms with Crippen LogP contribution in [0.4, 0.5) is 0 Å². The van der Waals surface area contributed by atoms with E-state index >= 15 is 0 Å². The van der Waals surface area contributed by atoms with Gasteiger partial charge in [0.25, 0.3) is 0 Å². The Hall–Kier alpha value is -1.53. The molecule has 2 aromatic rings. The molecule has 1 unspecified atom stereocenters. The fourth-order valence-corrected chi connectivity index (χ4v) is 3.96. The van der Waals surface area contributed by atoms with Crippen molar-refractivity contribution in [3.8, 4) is 0 Å². The van der Waals surface area contributed by atoms with E-state index < -0.39 is 0 Å². The zero-order chi connectivity index (χ0) is 19.1. The molecule has 4 nitrogen and oxygen atoms in total. The number of hydrogen-bond donors (Lipinski definition) is 1. The Morgan fingerprint density at radius 2 is 1.74 bits per heavy atom. The van der Waals surface area contributed by atoms with Gasteiger partial charge in [-0.1, -0.05) is 41.9 Å². The second-order valence-corrected chi connectivity index (χ2v) is 8.36. The van der Waals surface area contributed by atoms with Crippen molar-refractivity contribution in [2.24, 2.45) is 0 Å². The number of halogens is 1. The number of rotatable bonds is 7. The third-order valence-electron chi connectivity index (χ3n) is 4.76. The molecule has 1 amide bonds. The van der Waals surface area contributed by atoms with E-state index in [2.05, 4.69) is 34.3 Å². The number of piperazine rings is 1. The maximum atomic E-state index is 12.6. The van der Waals surface area contributed by atoms with E-state index in [4.69, 9.17) is 11.6 Å². The van der Waals surface area contributed by atoms with E-state index in [0.717, 1.165) is 43.2 Å². The Morgan fingerprint density at radius 3 is 2.41 bits per heavy atom. The average molecular weight is 404 g/mol. The lowest BCUT2D eigenvalue weighted by Crippen LogP contribution is -2.48. The van der Waals surface area contributed by atoms with Crippen LogP contribution in [0.2, 0.25) is 5.02 Å². The molecular weight excluding hydrogens is 378 g/mol. The average Bonchev–Trinajstić information content (AvgIpc) is 2.69. The number of thioether (sulfide) groups is 1. The van der Waals surface area contributed by atoms with Gasteiger partial charge in [-0.3, -0.25) is 9.69 Å². The Bertz CT molecular complexity index is 718. The van der Waals surface area contributed by atoms with Gasteiger partial charge in [0, 0.05) is 42.6 Å². The van der Waals surface area contributed by atoms with Crippen molar-refractivity contribution in [1.29, 1.82) is 0 Å². The molecule has 0 aromatic heterocycles. The number of hydrogen-bond acceptors (Lipinski definition) is 4. The van der Waals surface area contributed by atoms with Crippen LogP contribution in [0.1, 0.15) is 11.6 Å². The summed E-state index contributed by atoms with van der Waals surface area (Å²) in [5, 5.41) is 3.94. The standard InChI is InChI=1S/C21H26ClN3OS/c1-24-11-13-25(14-12-24)15-20(17-5-3-2-4-6-17)23-21(26)16-27-19-9-7-18(22)8-10-19/h2-10,20H,11-16H2,1H3,(H,23,26). The molecule has 1 fully saturated rings. The third-order valence-corrected chi connectivity index (χ3v) is 6.02. The smallest absolute Gasteiger partial charge is 0.230 e. The Kier molecular flexibility index (Phi) is 7.59. The van der Waals surface area contributed by atoms with Crippen LogP contribution in [0.3, 0.4) is 0 Å². The molecule has 144 valence electrons. The highest BCUT2D eigenvalue weighted by Crippen LogP contribution is 2.21. The quantitative estimate of drug-likeness (QED) is 0.717. The van der Waals surface area contributed by atoms with Crippen LogP contribution in [0.5, 0.6) is 0 Å². The summed E-state index contributed by atoms with van der Waals surface area (Å²) < 4.78 is 0. The first-order valence-electron chi connectivity index (χ1n) is 9.24. The maximum Gasteiger partial charge on any atom is 0.230 e. The van der Waals surface area contributed by atoms with E-state index in [0.29, 0.717) is 10.8 Å². The van der Waals surface area contributed by atoms with Gasteiger partial charge < -0.3 is 10.2 Å². The summed E-state index contributed by atoms with van der Waals surface area (Å²) in [4.78, 5) is 18.4. The van der Waals surface area contributed by atoms with Crippen LogP contribution in [-0.2, 0) is 4.79 Å². The van der Waals surface area contributed by atoms with Crippen LogP contribution in [-0.4, -0.2) is 61.2 Å². The van der Waals surface area contributed by atoms with Gasteiger partial charge in [-0.25, -0.2) is 0 Å². The van der Waals surface area contributed by atoms with Crippen LogP contribution in [0, 0.1) is 0 Å². The Balaban J connectivity index is 1.58. The third kappa shape index (κ3) is 6.54. The molecule has 0 saturated carbocycles. The van der Waals surface area contributed by atoms with Gasteiger partial charge in [-0.15, -0.1) is 11.8 Å². The van der Waals surface area contributed by atoms with Gasteiger partial charge in [0.15, 0.2) is 0 Å². The fraction of sp³-hybridized carbons (Fsp3) is 0.381. The molecule has 6 heteroatoms. The first-order valence-corrected chi connectivity index (χ1v) is 10.6. The van der Waals surface area contributed by atoms with Crippen molar-refractivity contribution in [1.82, 2.24) is 15.1 Å². The number of benzene rings is 2. The zero-order valence-electron chi connectivity index (χ0n) is 15.6. The van der Waals surface area contributed by atoms with Crippen molar-refractivity contribution in [3.63, 3.8) is 0 Å². The fourth-order valence-electron chi connectivity index (χ4n) is 3.12. The van der Waals surface area contributed by atoms with E-state index in [-0.39, 0.29) is 11.9 Å². The molecule has 1 aliphatic rings. The summed E-state index contributed by atoms with van der Waals surface area (Å²) in [6, 6.07) is 17.8. The summed E-state index contributed by atoms with van der Waals surface area (Å²) in [6.07, 6.45) is 0. The minimum absolute atomic E-state index is 0.00734. The minimum Gasteiger partial charge on any atom is -0.347 e. The van der Waals surface area contributed by atoms with E-state index in [1.807, 2.05) is 42.5 Å². The van der Waals surface area contributed by atoms with Gasteiger partial charge >= 0.3 is 0 Å². The number of carbonyl (C=O) groups excluding carboxylic acids is 1. The molecule has 1 aliphatic heterocycles. The predicted molar refractivity (Wildman–Crippen MR) is 113 cm³/mol. The lowest BCUT2D eigenvalue weighted by Gasteiger charge is -2.35. The van der Waals surface area contributed by atoms with Gasteiger partial charge in [-0.05, 0) is 36.9 Å². The molecule has 27 heavy (non-hydrogen) atoms. The van der Waals surface area contributed by atoms with E-state index in [1.165, 1.54) is 11.8 Å². The largest absolute Gasteiger partial charge is 0.347 e. The second kappa shape index (κ2) is 10.1. The highest BCUT2D eigenvalue weighted by molar-refractivity contribution is 8.00. The van der Waals surface area contributed by atoms with E-state index in [1.54, 1.807) is 0 Å². The number of carbonyl (C=O) groups is 1. The van der Waals surface area contributed by atoms with Crippen LogP contribution in [0.25, 0.3) is 0 Å². The lowest BCUT2D eigenvalue weighted by molar-refractivity contribution is -0.119. The first-order chi connectivity index (χ1) is 13.1. The Morgan fingerprint density at radius 1 is 1.07 bits per heavy atom. The zero-order valence-corrected chi connectivity index (χ0v) is 17.2. The summed E-state index contributed by atoms with van der Waals surface area (Å²) in [5.74, 6) is 0.450. The van der Waals surface area contributed by atoms with Crippen LogP contribution >= 0.6 is 23.4 Å². The molecule has 1 heterocycles. The second-order valence-electron chi connectivity index (χ2n) is 6.88. The topological polar surface area (TPSA) is 35.6 Å². The minimum atomic E-state index is 0.00734. The summed E-state index contributed by atoms with van der Waals surface area (Å²) in [6.45, 7) is 5.06. The SMILES string of the molecule is CN1CCN(CC(NC(=O)CSc2ccc(Cl)cc2)c2ccccc2)CC1. The van der Waals surface area contributed by atoms with Gasteiger partial charge in [-0.2, -0.15) is 0 Å². The van der Waals surface area contributed by atoms with E-state index in [9.17, 15) is 4.79 Å². The summed E-state index contributed by atoms with van der Waals surface area (Å²) >= 11 is 7.45. The molecule has 0 radical (unpaired) electrons. The predicted octanol–water partition coefficient (Wildman–Crippen LogP) is 3.54. The molecular formula is C21H26ClN3OS. The van der Waals surface area contributed by atoms with Gasteiger partial charge in [0.1, 0.15) is 0 Å². The molecule has 3 rings (SSSR count). The number of nitrogens with zero attached hydrogens (tertiary/aromatic N) is 2. The molecule has 1 saturated heterocycles. The van der Waals surface area contributed by atoms with Crippen molar-refractivity contribution < 1.29 is 4.79 Å². The Labute approximate surface area is 170 Å². The highest BCUT2D eigenvalue weighted by atomic mass is 35.5. The summed E-state index contributed by atoms with van der Waals surface area (Å²) in [7, 11) is 2.15. The van der Waals surface area contributed by atoms with Crippen molar-refractivity contribution in [2.75, 3.05) is 45.5 Å². The maximum absolute atomic E-state index is 12.6. The molecule has 2 aromatic carbocycles. The van der Waals surface area contributed by atoms with Crippen LogP contribution < -0.4 is 5.32 Å². The highest BCUT2D eigenvalue weighted by Gasteiger charge is 2.21. The molecule has 1 N–H and O–H groups in total. The molecule has 0 spiro atoms. The normalized spacial score (nSPS) is 16.8. The first kappa shape index (κ1) is 20.2. The van der Waals surface area contributed by atoms with Crippen LogP contribution in [0.15, 0.2) is 59.5 Å². The van der Waals surface area contributed by atoms with Crippen molar-refractivity contribution in [3.05, 3.63) is 65.2 Å². The molecule has 0 aliphatic carbocycles.